The molecule has 162 valence electrons. The highest BCUT2D eigenvalue weighted by Gasteiger charge is 2.34. The van der Waals surface area contributed by atoms with E-state index in [0.29, 0.717) is 31.7 Å². The third-order valence-corrected chi connectivity index (χ3v) is 7.75. The molecule has 2 aliphatic rings. The monoisotopic (exact) mass is 432 g/mol. The summed E-state index contributed by atoms with van der Waals surface area (Å²) in [5.41, 5.74) is 9.15. The molecular formula is C21H28N4O4S. The van der Waals surface area contributed by atoms with Crippen LogP contribution in [0.1, 0.15) is 42.2 Å². The van der Waals surface area contributed by atoms with Gasteiger partial charge in [0, 0.05) is 31.2 Å². The minimum atomic E-state index is -3.70. The lowest BCUT2D eigenvalue weighted by molar-refractivity contribution is -0.120. The first-order valence-corrected chi connectivity index (χ1v) is 11.7. The van der Waals surface area contributed by atoms with Crippen molar-refractivity contribution >= 4 is 21.6 Å². The summed E-state index contributed by atoms with van der Waals surface area (Å²) < 4.78 is 33.0. The number of carbonyl (C=O) groups is 1. The standard InChI is InChI=1S/C21H28N4O4S/c1-14-3-4-17(13-15(14)2)23-21(26)16-8-11-25(12-9-16)30(27,28)20-6-5-19(29-20)18-7-10-22-24-18/h3-6,13,16,18,22,24H,7-12H2,1-2H3,(H,23,26). The van der Waals surface area contributed by atoms with Crippen molar-refractivity contribution in [2.75, 3.05) is 25.0 Å². The average Bonchev–Trinajstić information content (AvgIpc) is 3.43. The van der Waals surface area contributed by atoms with Gasteiger partial charge in [0.15, 0.2) is 0 Å². The number of rotatable bonds is 5. The van der Waals surface area contributed by atoms with Crippen molar-refractivity contribution in [3.8, 4) is 0 Å². The SMILES string of the molecule is Cc1ccc(NC(=O)C2CCN(S(=O)(=O)c3ccc(C4CCNN4)o3)CC2)cc1C. The molecule has 1 atom stereocenters. The third kappa shape index (κ3) is 4.29. The van der Waals surface area contributed by atoms with Gasteiger partial charge in [0.1, 0.15) is 5.76 Å². The first-order chi connectivity index (χ1) is 14.3. The highest BCUT2D eigenvalue weighted by atomic mass is 32.2. The first kappa shape index (κ1) is 21.0. The molecule has 0 radical (unpaired) electrons. The molecule has 2 aromatic rings. The van der Waals surface area contributed by atoms with Gasteiger partial charge in [0.05, 0.1) is 6.04 Å². The molecule has 4 rings (SSSR count). The molecular weight excluding hydrogens is 404 g/mol. The zero-order valence-electron chi connectivity index (χ0n) is 17.3. The van der Waals surface area contributed by atoms with Gasteiger partial charge in [-0.3, -0.25) is 10.2 Å². The normalized spacial score (nSPS) is 21.1. The quantitative estimate of drug-likeness (QED) is 0.671. The van der Waals surface area contributed by atoms with Gasteiger partial charge in [0.2, 0.25) is 11.0 Å². The van der Waals surface area contributed by atoms with E-state index in [0.717, 1.165) is 24.2 Å². The molecule has 9 heteroatoms. The van der Waals surface area contributed by atoms with E-state index in [1.165, 1.54) is 15.9 Å². The Labute approximate surface area is 177 Å². The van der Waals surface area contributed by atoms with Crippen LogP contribution in [-0.2, 0) is 14.8 Å². The minimum absolute atomic E-state index is 0.0196. The van der Waals surface area contributed by atoms with Crippen LogP contribution in [0.15, 0.2) is 39.8 Å². The van der Waals surface area contributed by atoms with Crippen LogP contribution in [0, 0.1) is 19.8 Å². The average molecular weight is 433 g/mol. The Hall–Kier alpha value is -2.20. The van der Waals surface area contributed by atoms with Crippen LogP contribution in [0.4, 0.5) is 5.69 Å². The summed E-state index contributed by atoms with van der Waals surface area (Å²) in [4.78, 5) is 12.6. The Morgan fingerprint density at radius 2 is 1.87 bits per heavy atom. The van der Waals surface area contributed by atoms with Crippen LogP contribution in [0.25, 0.3) is 0 Å². The van der Waals surface area contributed by atoms with Gasteiger partial charge >= 0.3 is 0 Å². The Morgan fingerprint density at radius 3 is 2.53 bits per heavy atom. The number of aryl methyl sites for hydroxylation is 2. The molecule has 30 heavy (non-hydrogen) atoms. The predicted molar refractivity (Wildman–Crippen MR) is 113 cm³/mol. The van der Waals surface area contributed by atoms with E-state index < -0.39 is 10.0 Å². The van der Waals surface area contributed by atoms with Gasteiger partial charge < -0.3 is 9.73 Å². The molecule has 8 nitrogen and oxygen atoms in total. The van der Waals surface area contributed by atoms with Crippen molar-refractivity contribution in [2.24, 2.45) is 5.92 Å². The Morgan fingerprint density at radius 1 is 1.10 bits per heavy atom. The van der Waals surface area contributed by atoms with Gasteiger partial charge in [-0.15, -0.1) is 0 Å². The van der Waals surface area contributed by atoms with E-state index in [-0.39, 0.29) is 23.0 Å². The van der Waals surface area contributed by atoms with Crippen LogP contribution in [0.3, 0.4) is 0 Å². The number of benzene rings is 1. The van der Waals surface area contributed by atoms with Crippen LogP contribution < -0.4 is 16.2 Å². The third-order valence-electron chi connectivity index (χ3n) is 5.97. The van der Waals surface area contributed by atoms with E-state index >= 15 is 0 Å². The van der Waals surface area contributed by atoms with Crippen molar-refractivity contribution in [3.63, 3.8) is 0 Å². The maximum absolute atomic E-state index is 12.9. The van der Waals surface area contributed by atoms with Gasteiger partial charge in [-0.1, -0.05) is 6.07 Å². The maximum Gasteiger partial charge on any atom is 0.276 e. The molecule has 1 amide bonds. The number of hydrogen-bond acceptors (Lipinski definition) is 6. The van der Waals surface area contributed by atoms with Crippen LogP contribution in [-0.4, -0.2) is 38.3 Å². The predicted octanol–water partition coefficient (Wildman–Crippen LogP) is 2.47. The zero-order valence-corrected chi connectivity index (χ0v) is 18.1. The Kier molecular flexibility index (Phi) is 5.97. The highest BCUT2D eigenvalue weighted by molar-refractivity contribution is 7.89. The molecule has 2 saturated heterocycles. The van der Waals surface area contributed by atoms with E-state index in [4.69, 9.17) is 4.42 Å². The highest BCUT2D eigenvalue weighted by Crippen LogP contribution is 2.28. The van der Waals surface area contributed by atoms with Crippen LogP contribution in [0.5, 0.6) is 0 Å². The molecule has 0 spiro atoms. The number of carbonyl (C=O) groups excluding carboxylic acids is 1. The smallest absolute Gasteiger partial charge is 0.276 e. The number of hydrazine groups is 1. The fourth-order valence-electron chi connectivity index (χ4n) is 3.91. The number of anilines is 1. The number of amides is 1. The molecule has 1 aromatic carbocycles. The van der Waals surface area contributed by atoms with E-state index in [9.17, 15) is 13.2 Å². The second-order valence-corrected chi connectivity index (χ2v) is 9.90. The van der Waals surface area contributed by atoms with E-state index in [2.05, 4.69) is 16.2 Å². The molecule has 0 aliphatic carbocycles. The fraction of sp³-hybridized carbons (Fsp3) is 0.476. The summed E-state index contributed by atoms with van der Waals surface area (Å²) in [6.45, 7) is 5.44. The zero-order chi connectivity index (χ0) is 21.3. The molecule has 0 bridgehead atoms. The summed E-state index contributed by atoms with van der Waals surface area (Å²) in [5, 5.41) is 2.92. The molecule has 3 heterocycles. The van der Waals surface area contributed by atoms with Crippen LogP contribution >= 0.6 is 0 Å². The number of furan rings is 1. The lowest BCUT2D eigenvalue weighted by Crippen LogP contribution is -2.41. The summed E-state index contributed by atoms with van der Waals surface area (Å²) in [6.07, 6.45) is 1.81. The van der Waals surface area contributed by atoms with Crippen molar-refractivity contribution in [2.45, 2.75) is 44.2 Å². The van der Waals surface area contributed by atoms with Gasteiger partial charge in [0.25, 0.3) is 10.0 Å². The van der Waals surface area contributed by atoms with Gasteiger partial charge in [-0.2, -0.15) is 4.31 Å². The van der Waals surface area contributed by atoms with E-state index in [1.807, 2.05) is 32.0 Å². The second kappa shape index (κ2) is 8.50. The largest absolute Gasteiger partial charge is 0.447 e. The number of nitrogens with zero attached hydrogens (tertiary/aromatic N) is 1. The fourth-order valence-corrected chi connectivity index (χ4v) is 5.29. The van der Waals surface area contributed by atoms with Crippen molar-refractivity contribution < 1.29 is 17.6 Å². The first-order valence-electron chi connectivity index (χ1n) is 10.3. The summed E-state index contributed by atoms with van der Waals surface area (Å²) in [7, 11) is -3.70. The summed E-state index contributed by atoms with van der Waals surface area (Å²) in [6, 6.07) is 9.03. The van der Waals surface area contributed by atoms with E-state index in [1.54, 1.807) is 6.07 Å². The van der Waals surface area contributed by atoms with Crippen molar-refractivity contribution in [3.05, 3.63) is 47.2 Å². The number of sulfonamides is 1. The van der Waals surface area contributed by atoms with Gasteiger partial charge in [-0.25, -0.2) is 13.8 Å². The lowest BCUT2D eigenvalue weighted by Gasteiger charge is -2.29. The molecule has 1 unspecified atom stereocenters. The Balaban J connectivity index is 1.36. The number of piperidine rings is 1. The number of nitrogens with one attached hydrogen (secondary N) is 3. The topological polar surface area (TPSA) is 104 Å². The van der Waals surface area contributed by atoms with Crippen LogP contribution in [0.2, 0.25) is 0 Å². The molecule has 0 saturated carbocycles. The molecule has 3 N–H and O–H groups in total. The van der Waals surface area contributed by atoms with Crippen molar-refractivity contribution in [1.82, 2.24) is 15.2 Å². The van der Waals surface area contributed by atoms with Gasteiger partial charge in [-0.05, 0) is 68.5 Å². The summed E-state index contributed by atoms with van der Waals surface area (Å²) in [5.74, 6) is 0.343. The minimum Gasteiger partial charge on any atom is -0.447 e. The Bertz CT molecular complexity index is 1020. The second-order valence-electron chi connectivity index (χ2n) is 8.04. The number of hydrogen-bond donors (Lipinski definition) is 3. The maximum atomic E-state index is 12.9. The lowest BCUT2D eigenvalue weighted by atomic mass is 9.97. The summed E-state index contributed by atoms with van der Waals surface area (Å²) >= 11 is 0. The molecule has 1 aromatic heterocycles. The molecule has 2 fully saturated rings. The van der Waals surface area contributed by atoms with Crippen molar-refractivity contribution in [1.29, 1.82) is 0 Å². The molecule has 2 aliphatic heterocycles.